The Morgan fingerprint density at radius 1 is 1.10 bits per heavy atom. The molecule has 0 spiro atoms. The van der Waals surface area contributed by atoms with Gasteiger partial charge in [0.15, 0.2) is 11.5 Å². The van der Waals surface area contributed by atoms with E-state index in [0.29, 0.717) is 27.5 Å². The Kier molecular flexibility index (Phi) is 3.23. The van der Waals surface area contributed by atoms with Crippen LogP contribution in [0.4, 0.5) is 0 Å². The third kappa shape index (κ3) is 2.42. The highest BCUT2D eigenvalue weighted by Crippen LogP contribution is 2.37. The van der Waals surface area contributed by atoms with Crippen LogP contribution >= 0.6 is 15.9 Å². The fourth-order valence-corrected chi connectivity index (χ4v) is 2.34. The molecule has 0 atom stereocenters. The number of ether oxygens (including phenoxy) is 3. The zero-order valence-corrected chi connectivity index (χ0v) is 11.7. The highest BCUT2D eigenvalue weighted by atomic mass is 79.9. The molecule has 3 rings (SSSR count). The molecular weight excluding hydrogens is 328 g/mol. The van der Waals surface area contributed by atoms with E-state index in [-0.39, 0.29) is 12.4 Å². The van der Waals surface area contributed by atoms with Crippen molar-refractivity contribution in [2.75, 3.05) is 6.79 Å². The van der Waals surface area contributed by atoms with Crippen LogP contribution in [-0.4, -0.2) is 17.9 Å². The summed E-state index contributed by atoms with van der Waals surface area (Å²) in [5.74, 6) is 1.43. The monoisotopic (exact) mass is 336 g/mol. The van der Waals surface area contributed by atoms with Gasteiger partial charge in [-0.3, -0.25) is 0 Å². The quantitative estimate of drug-likeness (QED) is 0.926. The first-order chi connectivity index (χ1) is 9.63. The number of carboxylic acids is 1. The van der Waals surface area contributed by atoms with E-state index in [1.165, 1.54) is 6.07 Å². The molecule has 6 heteroatoms. The SMILES string of the molecule is O=C(O)c1ccc(Oc2ccc3c(c2)OCO3)cc1Br. The van der Waals surface area contributed by atoms with Gasteiger partial charge in [0.1, 0.15) is 11.5 Å². The molecular formula is C14H9BrO5. The van der Waals surface area contributed by atoms with Crippen molar-refractivity contribution < 1.29 is 24.1 Å². The van der Waals surface area contributed by atoms with Crippen LogP contribution in [0.5, 0.6) is 23.0 Å². The first kappa shape index (κ1) is 12.8. The van der Waals surface area contributed by atoms with Gasteiger partial charge < -0.3 is 19.3 Å². The van der Waals surface area contributed by atoms with Gasteiger partial charge in [0.2, 0.25) is 6.79 Å². The van der Waals surface area contributed by atoms with Crippen LogP contribution in [0.15, 0.2) is 40.9 Å². The molecule has 0 unspecified atom stereocenters. The summed E-state index contributed by atoms with van der Waals surface area (Å²) < 4.78 is 16.6. The average molecular weight is 337 g/mol. The Morgan fingerprint density at radius 3 is 2.55 bits per heavy atom. The Hall–Kier alpha value is -2.21. The van der Waals surface area contributed by atoms with Crippen LogP contribution in [0.25, 0.3) is 0 Å². The van der Waals surface area contributed by atoms with Gasteiger partial charge in [0.25, 0.3) is 0 Å². The number of carboxylic acid groups (broad SMARTS) is 1. The fraction of sp³-hybridized carbons (Fsp3) is 0.0714. The number of benzene rings is 2. The van der Waals surface area contributed by atoms with Gasteiger partial charge in [-0.25, -0.2) is 4.79 Å². The molecule has 0 bridgehead atoms. The Bertz CT molecular complexity index is 683. The van der Waals surface area contributed by atoms with E-state index < -0.39 is 5.97 Å². The van der Waals surface area contributed by atoms with Crippen molar-refractivity contribution in [3.05, 3.63) is 46.4 Å². The van der Waals surface area contributed by atoms with Crippen LogP contribution in [0.2, 0.25) is 0 Å². The molecule has 102 valence electrons. The van der Waals surface area contributed by atoms with Gasteiger partial charge in [0.05, 0.1) is 5.56 Å². The maximum Gasteiger partial charge on any atom is 0.336 e. The Balaban J connectivity index is 1.84. The van der Waals surface area contributed by atoms with Crippen molar-refractivity contribution in [3.63, 3.8) is 0 Å². The van der Waals surface area contributed by atoms with Crippen LogP contribution in [0.1, 0.15) is 10.4 Å². The summed E-state index contributed by atoms with van der Waals surface area (Å²) in [7, 11) is 0. The summed E-state index contributed by atoms with van der Waals surface area (Å²) in [6.07, 6.45) is 0. The highest BCUT2D eigenvalue weighted by molar-refractivity contribution is 9.10. The van der Waals surface area contributed by atoms with Crippen molar-refractivity contribution in [1.82, 2.24) is 0 Å². The minimum Gasteiger partial charge on any atom is -0.478 e. The normalized spacial score (nSPS) is 12.2. The van der Waals surface area contributed by atoms with Gasteiger partial charge in [-0.05, 0) is 46.3 Å². The summed E-state index contributed by atoms with van der Waals surface area (Å²) >= 11 is 3.21. The second kappa shape index (κ2) is 5.05. The third-order valence-corrected chi connectivity index (χ3v) is 3.41. The van der Waals surface area contributed by atoms with Crippen molar-refractivity contribution >= 4 is 21.9 Å². The zero-order chi connectivity index (χ0) is 14.1. The first-order valence-corrected chi connectivity index (χ1v) is 6.53. The summed E-state index contributed by atoms with van der Waals surface area (Å²) in [6.45, 7) is 0.206. The lowest BCUT2D eigenvalue weighted by molar-refractivity contribution is 0.0696. The van der Waals surface area contributed by atoms with Gasteiger partial charge in [-0.15, -0.1) is 0 Å². The maximum atomic E-state index is 10.9. The number of rotatable bonds is 3. The molecule has 1 aliphatic rings. The lowest BCUT2D eigenvalue weighted by Crippen LogP contribution is -1.97. The topological polar surface area (TPSA) is 65.0 Å². The number of carbonyl (C=O) groups is 1. The predicted molar refractivity (Wildman–Crippen MR) is 73.7 cm³/mol. The smallest absolute Gasteiger partial charge is 0.336 e. The molecule has 0 aliphatic carbocycles. The minimum atomic E-state index is -0.994. The van der Waals surface area contributed by atoms with Crippen LogP contribution in [-0.2, 0) is 0 Å². The molecule has 0 radical (unpaired) electrons. The Morgan fingerprint density at radius 2 is 1.80 bits per heavy atom. The minimum absolute atomic E-state index is 0.183. The lowest BCUT2D eigenvalue weighted by Gasteiger charge is -2.08. The van der Waals surface area contributed by atoms with Crippen molar-refractivity contribution in [3.8, 4) is 23.0 Å². The number of aromatic carboxylic acids is 1. The third-order valence-electron chi connectivity index (χ3n) is 2.75. The molecule has 0 aromatic heterocycles. The van der Waals surface area contributed by atoms with Crippen molar-refractivity contribution in [2.24, 2.45) is 0 Å². The van der Waals surface area contributed by atoms with E-state index >= 15 is 0 Å². The molecule has 1 heterocycles. The van der Waals surface area contributed by atoms with E-state index in [0.717, 1.165) is 0 Å². The van der Waals surface area contributed by atoms with E-state index in [4.69, 9.17) is 19.3 Å². The summed E-state index contributed by atoms with van der Waals surface area (Å²) in [4.78, 5) is 10.9. The second-order valence-corrected chi connectivity index (χ2v) is 4.92. The van der Waals surface area contributed by atoms with E-state index in [9.17, 15) is 4.79 Å². The number of hydrogen-bond acceptors (Lipinski definition) is 4. The van der Waals surface area contributed by atoms with Crippen LogP contribution in [0, 0.1) is 0 Å². The first-order valence-electron chi connectivity index (χ1n) is 5.74. The molecule has 1 N–H and O–H groups in total. The highest BCUT2D eigenvalue weighted by Gasteiger charge is 2.14. The van der Waals surface area contributed by atoms with Gasteiger partial charge >= 0.3 is 5.97 Å². The second-order valence-electron chi connectivity index (χ2n) is 4.06. The summed E-state index contributed by atoms with van der Waals surface area (Å²) in [5, 5.41) is 8.95. The Labute approximate surface area is 122 Å². The summed E-state index contributed by atoms with van der Waals surface area (Å²) in [5.41, 5.74) is 0.183. The average Bonchev–Trinajstić information content (AvgIpc) is 2.85. The molecule has 0 saturated heterocycles. The molecule has 0 fully saturated rings. The van der Waals surface area contributed by atoms with Crippen LogP contribution in [0.3, 0.4) is 0 Å². The lowest BCUT2D eigenvalue weighted by atomic mass is 10.2. The molecule has 0 amide bonds. The number of hydrogen-bond donors (Lipinski definition) is 1. The molecule has 20 heavy (non-hydrogen) atoms. The fourth-order valence-electron chi connectivity index (χ4n) is 1.81. The molecule has 5 nitrogen and oxygen atoms in total. The predicted octanol–water partition coefficient (Wildman–Crippen LogP) is 3.67. The molecule has 0 saturated carbocycles. The number of halogens is 1. The van der Waals surface area contributed by atoms with E-state index in [1.54, 1.807) is 30.3 Å². The van der Waals surface area contributed by atoms with E-state index in [1.807, 2.05) is 0 Å². The molecule has 2 aromatic carbocycles. The zero-order valence-electron chi connectivity index (χ0n) is 10.1. The number of fused-ring (bicyclic) bond motifs is 1. The van der Waals surface area contributed by atoms with Crippen molar-refractivity contribution in [2.45, 2.75) is 0 Å². The van der Waals surface area contributed by atoms with Gasteiger partial charge in [0, 0.05) is 10.5 Å². The maximum absolute atomic E-state index is 10.9. The van der Waals surface area contributed by atoms with Crippen molar-refractivity contribution in [1.29, 1.82) is 0 Å². The van der Waals surface area contributed by atoms with Crippen LogP contribution < -0.4 is 14.2 Å². The molecule has 2 aromatic rings. The van der Waals surface area contributed by atoms with Gasteiger partial charge in [-0.1, -0.05) is 0 Å². The largest absolute Gasteiger partial charge is 0.478 e. The van der Waals surface area contributed by atoms with E-state index in [2.05, 4.69) is 15.9 Å². The standard InChI is InChI=1S/C14H9BrO5/c15-11-5-8(1-3-10(11)14(16)17)20-9-2-4-12-13(6-9)19-7-18-12/h1-6H,7H2,(H,16,17). The van der Waals surface area contributed by atoms with Gasteiger partial charge in [-0.2, -0.15) is 0 Å². The summed E-state index contributed by atoms with van der Waals surface area (Å²) in [6, 6.07) is 9.92. The molecule has 1 aliphatic heterocycles.